The number of carbonyl (C=O) groups is 1. The molecule has 130 valence electrons. The minimum atomic E-state index is -0.634. The smallest absolute Gasteiger partial charge is 0.248 e. The topological polar surface area (TPSA) is 133 Å². The van der Waals surface area contributed by atoms with Gasteiger partial charge in [-0.25, -0.2) is 0 Å². The molecule has 10 heteroatoms. The van der Waals surface area contributed by atoms with Crippen molar-refractivity contribution in [1.29, 1.82) is 10.5 Å². The zero-order valence-corrected chi connectivity index (χ0v) is 15.7. The van der Waals surface area contributed by atoms with Crippen molar-refractivity contribution < 1.29 is 4.79 Å². The molecule has 0 fully saturated rings. The van der Waals surface area contributed by atoms with E-state index in [1.807, 2.05) is 26.8 Å². The summed E-state index contributed by atoms with van der Waals surface area (Å²) in [4.78, 5) is 13.8. The van der Waals surface area contributed by atoms with E-state index in [1.165, 1.54) is 27.7 Å². The van der Waals surface area contributed by atoms with Gasteiger partial charge in [-0.2, -0.15) is 10.5 Å². The number of hydrogen-bond donors (Lipinski definition) is 2. The molecular formula is C15H17N7OS2. The highest BCUT2D eigenvalue weighted by atomic mass is 32.2. The van der Waals surface area contributed by atoms with Crippen molar-refractivity contribution >= 4 is 40.0 Å². The Balaban J connectivity index is 2.32. The number of thioether (sulfide) groups is 1. The fourth-order valence-electron chi connectivity index (χ4n) is 2.31. The van der Waals surface area contributed by atoms with Crippen LogP contribution in [0.1, 0.15) is 35.4 Å². The number of nitrogens with two attached hydrogens (primary N) is 1. The molecule has 2 heterocycles. The highest BCUT2D eigenvalue weighted by molar-refractivity contribution is 7.99. The Labute approximate surface area is 153 Å². The molecule has 8 nitrogen and oxygen atoms in total. The minimum Gasteiger partial charge on any atom is -0.368 e. The van der Waals surface area contributed by atoms with Crippen molar-refractivity contribution in [2.45, 2.75) is 38.4 Å². The third-order valence-corrected chi connectivity index (χ3v) is 5.62. The van der Waals surface area contributed by atoms with Crippen molar-refractivity contribution in [2.75, 3.05) is 16.8 Å². The SMILES string of the molecule is CCC(C(=O)Nc1sc(C)c(C)c1C#N)n1c(N)nnc1SCC#N. The van der Waals surface area contributed by atoms with Gasteiger partial charge in [0, 0.05) is 4.88 Å². The van der Waals surface area contributed by atoms with E-state index in [4.69, 9.17) is 11.0 Å². The fraction of sp³-hybridized carbons (Fsp3) is 0.400. The number of hydrogen-bond acceptors (Lipinski definition) is 8. The van der Waals surface area contributed by atoms with Gasteiger partial charge in [-0.3, -0.25) is 9.36 Å². The first kappa shape index (κ1) is 18.8. The summed E-state index contributed by atoms with van der Waals surface area (Å²) in [5, 5.41) is 29.6. The number of aryl methyl sites for hydroxylation is 1. The van der Waals surface area contributed by atoms with Crippen LogP contribution in [-0.4, -0.2) is 26.4 Å². The number of carbonyl (C=O) groups excluding carboxylic acids is 1. The molecule has 0 spiro atoms. The van der Waals surface area contributed by atoms with Gasteiger partial charge in [0.05, 0.1) is 17.4 Å². The second-order valence-corrected chi connectivity index (χ2v) is 7.34. The number of amides is 1. The molecule has 0 aliphatic carbocycles. The lowest BCUT2D eigenvalue weighted by Gasteiger charge is -2.18. The van der Waals surface area contributed by atoms with E-state index in [0.717, 1.165) is 10.4 Å². The number of nitrogens with one attached hydrogen (secondary N) is 1. The summed E-state index contributed by atoms with van der Waals surface area (Å²) in [6.07, 6.45) is 0.458. The summed E-state index contributed by atoms with van der Waals surface area (Å²) in [5.74, 6) is -0.00927. The number of thiophene rings is 1. The van der Waals surface area contributed by atoms with Gasteiger partial charge in [-0.1, -0.05) is 18.7 Å². The summed E-state index contributed by atoms with van der Waals surface area (Å²) in [6, 6.07) is 3.51. The number of nitriles is 2. The van der Waals surface area contributed by atoms with Crippen LogP contribution in [0.15, 0.2) is 5.16 Å². The first-order valence-corrected chi connectivity index (χ1v) is 9.25. The predicted octanol–water partition coefficient (Wildman–Crippen LogP) is 2.62. The molecule has 2 aromatic heterocycles. The average molecular weight is 375 g/mol. The Morgan fingerprint density at radius 2 is 2.16 bits per heavy atom. The predicted molar refractivity (Wildman–Crippen MR) is 97.2 cm³/mol. The van der Waals surface area contributed by atoms with Crippen LogP contribution in [0.4, 0.5) is 10.9 Å². The fourth-order valence-corrected chi connectivity index (χ4v) is 3.97. The maximum absolute atomic E-state index is 12.8. The Morgan fingerprint density at radius 3 is 2.76 bits per heavy atom. The largest absolute Gasteiger partial charge is 0.368 e. The summed E-state index contributed by atoms with van der Waals surface area (Å²) >= 11 is 2.53. The van der Waals surface area contributed by atoms with Crippen LogP contribution in [0, 0.1) is 36.5 Å². The van der Waals surface area contributed by atoms with Gasteiger partial charge >= 0.3 is 0 Å². The van der Waals surface area contributed by atoms with Gasteiger partial charge < -0.3 is 11.1 Å². The Kier molecular flexibility index (Phi) is 6.02. The van der Waals surface area contributed by atoms with Crippen molar-refractivity contribution in [1.82, 2.24) is 14.8 Å². The molecule has 0 aromatic carbocycles. The lowest BCUT2D eigenvalue weighted by Crippen LogP contribution is -2.27. The van der Waals surface area contributed by atoms with E-state index < -0.39 is 6.04 Å². The van der Waals surface area contributed by atoms with E-state index >= 15 is 0 Å². The lowest BCUT2D eigenvalue weighted by molar-refractivity contribution is -0.119. The number of anilines is 2. The molecule has 0 radical (unpaired) electrons. The standard InChI is InChI=1S/C15H17N7OS2/c1-4-11(22-14(18)20-21-15(22)24-6-5-16)12(23)19-13-10(7-17)8(2)9(3)25-13/h11H,4,6H2,1-3H3,(H2,18,20)(H,19,23). The van der Waals surface area contributed by atoms with E-state index in [1.54, 1.807) is 0 Å². The summed E-state index contributed by atoms with van der Waals surface area (Å²) in [6.45, 7) is 5.60. The quantitative estimate of drug-likeness (QED) is 0.741. The molecule has 1 unspecified atom stereocenters. The molecule has 2 aromatic rings. The van der Waals surface area contributed by atoms with Crippen LogP contribution >= 0.6 is 23.1 Å². The van der Waals surface area contributed by atoms with E-state index in [-0.39, 0.29) is 17.6 Å². The first-order chi connectivity index (χ1) is 11.9. The van der Waals surface area contributed by atoms with Crippen molar-refractivity contribution in [3.8, 4) is 12.1 Å². The third kappa shape index (κ3) is 3.76. The monoisotopic (exact) mass is 375 g/mol. The maximum Gasteiger partial charge on any atom is 0.248 e. The number of nitrogens with zero attached hydrogens (tertiary/aromatic N) is 5. The average Bonchev–Trinajstić information content (AvgIpc) is 3.07. The number of nitrogen functional groups attached to an aromatic ring is 1. The van der Waals surface area contributed by atoms with E-state index in [0.29, 0.717) is 22.1 Å². The van der Waals surface area contributed by atoms with Crippen LogP contribution in [0.2, 0.25) is 0 Å². The minimum absolute atomic E-state index is 0.112. The van der Waals surface area contributed by atoms with Gasteiger partial charge in [-0.05, 0) is 25.8 Å². The zero-order chi connectivity index (χ0) is 18.6. The van der Waals surface area contributed by atoms with Crippen molar-refractivity contribution in [3.05, 3.63) is 16.0 Å². The number of rotatable bonds is 6. The zero-order valence-electron chi connectivity index (χ0n) is 14.0. The molecule has 2 rings (SSSR count). The number of aromatic nitrogens is 3. The van der Waals surface area contributed by atoms with Gasteiger partial charge in [0.1, 0.15) is 17.1 Å². The van der Waals surface area contributed by atoms with Crippen LogP contribution in [0.5, 0.6) is 0 Å². The maximum atomic E-state index is 12.8. The van der Waals surface area contributed by atoms with Crippen LogP contribution < -0.4 is 11.1 Å². The van der Waals surface area contributed by atoms with E-state index in [2.05, 4.69) is 21.6 Å². The van der Waals surface area contributed by atoms with Gasteiger partial charge in [0.2, 0.25) is 11.9 Å². The van der Waals surface area contributed by atoms with Crippen LogP contribution in [0.3, 0.4) is 0 Å². The Hall–Kier alpha value is -2.56. The Morgan fingerprint density at radius 1 is 1.44 bits per heavy atom. The molecule has 0 saturated carbocycles. The molecule has 25 heavy (non-hydrogen) atoms. The normalized spacial score (nSPS) is 11.6. The first-order valence-electron chi connectivity index (χ1n) is 7.45. The van der Waals surface area contributed by atoms with Crippen molar-refractivity contribution in [2.24, 2.45) is 0 Å². The van der Waals surface area contributed by atoms with Gasteiger partial charge in [-0.15, -0.1) is 21.5 Å². The van der Waals surface area contributed by atoms with E-state index in [9.17, 15) is 10.1 Å². The second-order valence-electron chi connectivity index (χ2n) is 5.17. The lowest BCUT2D eigenvalue weighted by atomic mass is 10.1. The molecular weight excluding hydrogens is 358 g/mol. The van der Waals surface area contributed by atoms with Gasteiger partial charge in [0.15, 0.2) is 5.16 Å². The summed E-state index contributed by atoms with van der Waals surface area (Å²) < 4.78 is 1.52. The molecule has 0 saturated heterocycles. The highest BCUT2D eigenvalue weighted by Gasteiger charge is 2.26. The molecule has 3 N–H and O–H groups in total. The summed E-state index contributed by atoms with van der Waals surface area (Å²) in [5.41, 5.74) is 7.21. The van der Waals surface area contributed by atoms with Gasteiger partial charge in [0.25, 0.3) is 0 Å². The van der Waals surface area contributed by atoms with Crippen LogP contribution in [0.25, 0.3) is 0 Å². The molecule has 0 bridgehead atoms. The van der Waals surface area contributed by atoms with Crippen LogP contribution in [-0.2, 0) is 4.79 Å². The highest BCUT2D eigenvalue weighted by Crippen LogP contribution is 2.33. The third-order valence-electron chi connectivity index (χ3n) is 3.69. The Bertz CT molecular complexity index is 872. The van der Waals surface area contributed by atoms with Crippen molar-refractivity contribution in [3.63, 3.8) is 0 Å². The molecule has 1 amide bonds. The second kappa shape index (κ2) is 8.01. The molecule has 0 aliphatic heterocycles. The molecule has 0 aliphatic rings. The molecule has 1 atom stereocenters. The summed E-state index contributed by atoms with van der Waals surface area (Å²) in [7, 11) is 0.